The van der Waals surface area contributed by atoms with E-state index in [1.165, 1.54) is 0 Å². The molecule has 1 aromatic carbocycles. The van der Waals surface area contributed by atoms with Crippen LogP contribution in [-0.2, 0) is 11.3 Å². The number of carbonyl (C=O) groups excluding carboxylic acids is 1. The topological polar surface area (TPSA) is 89.0 Å². The van der Waals surface area contributed by atoms with E-state index in [0.29, 0.717) is 38.7 Å². The Morgan fingerprint density at radius 3 is 2.36 bits per heavy atom. The van der Waals surface area contributed by atoms with Gasteiger partial charge in [-0.15, -0.1) is 0 Å². The first-order valence-corrected chi connectivity index (χ1v) is 9.43. The number of ether oxygens (including phenoxy) is 1. The summed E-state index contributed by atoms with van der Waals surface area (Å²) in [5, 5.41) is 4.22. The van der Waals surface area contributed by atoms with E-state index in [9.17, 15) is 4.79 Å². The minimum atomic E-state index is -0.484. The molecule has 2 heterocycles. The third-order valence-corrected chi connectivity index (χ3v) is 4.38. The van der Waals surface area contributed by atoms with Gasteiger partial charge in [-0.3, -0.25) is 0 Å². The Morgan fingerprint density at radius 2 is 1.79 bits per heavy atom. The number of rotatable bonds is 3. The summed E-state index contributed by atoms with van der Waals surface area (Å²) in [5.74, 6) is 0.500. The number of guanidine groups is 1. The zero-order valence-corrected chi connectivity index (χ0v) is 16.7. The molecule has 1 aromatic heterocycles. The Morgan fingerprint density at radius 1 is 1.14 bits per heavy atom. The molecule has 0 unspecified atom stereocenters. The zero-order chi connectivity index (χ0) is 20.1. The van der Waals surface area contributed by atoms with Gasteiger partial charge in [0.15, 0.2) is 5.96 Å². The van der Waals surface area contributed by atoms with Crippen molar-refractivity contribution < 1.29 is 9.53 Å². The molecular formula is C20H28N6O2. The maximum Gasteiger partial charge on any atom is 0.410 e. The first kappa shape index (κ1) is 19.7. The van der Waals surface area contributed by atoms with Gasteiger partial charge in [-0.25, -0.2) is 14.5 Å². The van der Waals surface area contributed by atoms with Gasteiger partial charge < -0.3 is 20.3 Å². The molecule has 2 N–H and O–H groups in total. The number of nitrogens with two attached hydrogens (primary N) is 1. The van der Waals surface area contributed by atoms with E-state index in [0.717, 1.165) is 11.3 Å². The molecule has 8 heteroatoms. The number of aliphatic imine (C=N–C) groups is 1. The standard InChI is InChI=1S/C20H28N6O2/c1-20(2,3)28-19(27)25-13-11-24(12-14-25)18(21)22-15-16-5-7-17(8-6-16)26-10-4-9-23-26/h4-10H,11-15H2,1-3H3,(H2,21,22). The van der Waals surface area contributed by atoms with Crippen LogP contribution in [0.25, 0.3) is 5.69 Å². The van der Waals surface area contributed by atoms with E-state index in [2.05, 4.69) is 10.1 Å². The first-order valence-electron chi connectivity index (χ1n) is 9.43. The molecule has 0 radical (unpaired) electrons. The van der Waals surface area contributed by atoms with Gasteiger partial charge in [-0.2, -0.15) is 5.10 Å². The van der Waals surface area contributed by atoms with Crippen LogP contribution < -0.4 is 5.73 Å². The van der Waals surface area contributed by atoms with Crippen molar-refractivity contribution >= 4 is 12.1 Å². The summed E-state index contributed by atoms with van der Waals surface area (Å²) in [7, 11) is 0. The van der Waals surface area contributed by atoms with Gasteiger partial charge in [0.05, 0.1) is 12.2 Å². The van der Waals surface area contributed by atoms with Gasteiger partial charge >= 0.3 is 6.09 Å². The molecule has 0 bridgehead atoms. The van der Waals surface area contributed by atoms with Crippen LogP contribution in [0.2, 0.25) is 0 Å². The molecule has 1 aliphatic rings. The molecule has 1 saturated heterocycles. The predicted molar refractivity (Wildman–Crippen MR) is 108 cm³/mol. The highest BCUT2D eigenvalue weighted by Crippen LogP contribution is 2.12. The van der Waals surface area contributed by atoms with Crippen molar-refractivity contribution in [1.82, 2.24) is 19.6 Å². The molecule has 0 atom stereocenters. The average Bonchev–Trinajstić information content (AvgIpc) is 3.20. The van der Waals surface area contributed by atoms with Gasteiger partial charge in [0, 0.05) is 38.6 Å². The number of hydrogen-bond donors (Lipinski definition) is 1. The maximum atomic E-state index is 12.1. The van der Waals surface area contributed by atoms with E-state index >= 15 is 0 Å². The van der Waals surface area contributed by atoms with Crippen LogP contribution in [0.15, 0.2) is 47.7 Å². The number of piperazine rings is 1. The summed E-state index contributed by atoms with van der Waals surface area (Å²) in [4.78, 5) is 20.3. The van der Waals surface area contributed by atoms with Crippen molar-refractivity contribution in [2.24, 2.45) is 10.7 Å². The van der Waals surface area contributed by atoms with Gasteiger partial charge in [0.1, 0.15) is 5.60 Å². The van der Waals surface area contributed by atoms with Gasteiger partial charge in [-0.1, -0.05) is 12.1 Å². The SMILES string of the molecule is CC(C)(C)OC(=O)N1CCN(C(N)=NCc2ccc(-n3cccn3)cc2)CC1. The van der Waals surface area contributed by atoms with Gasteiger partial charge in [0.2, 0.25) is 0 Å². The van der Waals surface area contributed by atoms with Crippen LogP contribution in [0.1, 0.15) is 26.3 Å². The predicted octanol–water partition coefficient (Wildman–Crippen LogP) is 2.24. The van der Waals surface area contributed by atoms with Crippen LogP contribution in [0, 0.1) is 0 Å². The summed E-state index contributed by atoms with van der Waals surface area (Å²) < 4.78 is 7.23. The lowest BCUT2D eigenvalue weighted by molar-refractivity contribution is 0.0186. The molecule has 1 fully saturated rings. The molecule has 1 aliphatic heterocycles. The summed E-state index contributed by atoms with van der Waals surface area (Å²) in [6.45, 7) is 8.55. The van der Waals surface area contributed by atoms with Crippen molar-refractivity contribution in [3.05, 3.63) is 48.3 Å². The van der Waals surface area contributed by atoms with Crippen LogP contribution in [0.5, 0.6) is 0 Å². The van der Waals surface area contributed by atoms with Crippen molar-refractivity contribution in [1.29, 1.82) is 0 Å². The Labute approximate surface area is 165 Å². The quantitative estimate of drug-likeness (QED) is 0.648. The highest BCUT2D eigenvalue weighted by molar-refractivity contribution is 5.78. The fourth-order valence-corrected chi connectivity index (χ4v) is 2.89. The zero-order valence-electron chi connectivity index (χ0n) is 16.7. The molecule has 0 spiro atoms. The third-order valence-electron chi connectivity index (χ3n) is 4.38. The lowest BCUT2D eigenvalue weighted by Crippen LogP contribution is -2.53. The first-order chi connectivity index (χ1) is 13.3. The Hall–Kier alpha value is -3.03. The maximum absolute atomic E-state index is 12.1. The summed E-state index contributed by atoms with van der Waals surface area (Å²) >= 11 is 0. The Bertz CT molecular complexity index is 800. The molecule has 1 amide bonds. The molecule has 8 nitrogen and oxygen atoms in total. The van der Waals surface area contributed by atoms with Gasteiger partial charge in [0.25, 0.3) is 0 Å². The molecule has 3 rings (SSSR count). The summed E-state index contributed by atoms with van der Waals surface area (Å²) in [5.41, 5.74) is 7.75. The van der Waals surface area contributed by atoms with Crippen molar-refractivity contribution in [2.45, 2.75) is 32.9 Å². The molecule has 28 heavy (non-hydrogen) atoms. The number of hydrogen-bond acceptors (Lipinski definition) is 4. The Balaban J connectivity index is 1.50. The molecule has 2 aromatic rings. The smallest absolute Gasteiger partial charge is 0.410 e. The van der Waals surface area contributed by atoms with Crippen molar-refractivity contribution in [3.8, 4) is 5.69 Å². The number of amides is 1. The molecule has 0 saturated carbocycles. The average molecular weight is 384 g/mol. The number of benzene rings is 1. The summed E-state index contributed by atoms with van der Waals surface area (Å²) in [6, 6.07) is 9.95. The second-order valence-electron chi connectivity index (χ2n) is 7.75. The minimum Gasteiger partial charge on any atom is -0.444 e. The van der Waals surface area contributed by atoms with E-state index in [4.69, 9.17) is 10.5 Å². The Kier molecular flexibility index (Phi) is 5.87. The number of aromatic nitrogens is 2. The monoisotopic (exact) mass is 384 g/mol. The lowest BCUT2D eigenvalue weighted by Gasteiger charge is -2.36. The fraction of sp³-hybridized carbons (Fsp3) is 0.450. The van der Waals surface area contributed by atoms with E-state index in [1.54, 1.807) is 11.1 Å². The molecule has 150 valence electrons. The highest BCUT2D eigenvalue weighted by atomic mass is 16.6. The second-order valence-corrected chi connectivity index (χ2v) is 7.75. The van der Waals surface area contributed by atoms with E-state index in [-0.39, 0.29) is 6.09 Å². The van der Waals surface area contributed by atoms with Gasteiger partial charge in [-0.05, 0) is 44.5 Å². The third kappa shape index (κ3) is 5.25. The normalized spacial score (nSPS) is 15.6. The molecular weight excluding hydrogens is 356 g/mol. The lowest BCUT2D eigenvalue weighted by atomic mass is 10.2. The van der Waals surface area contributed by atoms with Crippen LogP contribution in [0.4, 0.5) is 4.79 Å². The summed E-state index contributed by atoms with van der Waals surface area (Å²) in [6.07, 6.45) is 3.38. The van der Waals surface area contributed by atoms with Crippen LogP contribution in [0.3, 0.4) is 0 Å². The molecule has 0 aliphatic carbocycles. The minimum absolute atomic E-state index is 0.278. The van der Waals surface area contributed by atoms with Crippen LogP contribution in [-0.4, -0.2) is 63.4 Å². The number of carbonyl (C=O) groups is 1. The largest absolute Gasteiger partial charge is 0.444 e. The fourth-order valence-electron chi connectivity index (χ4n) is 2.89. The van der Waals surface area contributed by atoms with E-state index < -0.39 is 5.60 Å². The number of nitrogens with zero attached hydrogens (tertiary/aromatic N) is 5. The van der Waals surface area contributed by atoms with Crippen molar-refractivity contribution in [3.63, 3.8) is 0 Å². The van der Waals surface area contributed by atoms with Crippen molar-refractivity contribution in [2.75, 3.05) is 26.2 Å². The highest BCUT2D eigenvalue weighted by Gasteiger charge is 2.26. The van der Waals surface area contributed by atoms with E-state index in [1.807, 2.05) is 66.9 Å². The van der Waals surface area contributed by atoms with Crippen LogP contribution >= 0.6 is 0 Å². The second kappa shape index (κ2) is 8.33.